The maximum absolute atomic E-state index is 12.1. The zero-order valence-electron chi connectivity index (χ0n) is 11.5. The van der Waals surface area contributed by atoms with E-state index in [1.165, 1.54) is 4.90 Å². The van der Waals surface area contributed by atoms with Gasteiger partial charge in [0, 0.05) is 6.42 Å². The molecule has 1 heterocycles. The molecule has 1 N–H and O–H groups in total. The second-order valence-corrected chi connectivity index (χ2v) is 6.75. The van der Waals surface area contributed by atoms with E-state index in [0.717, 1.165) is 12.8 Å². The highest BCUT2D eigenvalue weighted by atomic mass is 16.3. The van der Waals surface area contributed by atoms with E-state index in [1.807, 2.05) is 0 Å². The highest BCUT2D eigenvalue weighted by Gasteiger charge is 2.47. The van der Waals surface area contributed by atoms with Crippen LogP contribution in [-0.2, 0) is 9.59 Å². The summed E-state index contributed by atoms with van der Waals surface area (Å²) in [5.41, 5.74) is -1.46. The van der Waals surface area contributed by atoms with Crippen molar-refractivity contribution in [1.82, 2.24) is 4.90 Å². The van der Waals surface area contributed by atoms with Crippen LogP contribution in [-0.4, -0.2) is 34.0 Å². The monoisotopic (exact) mass is 253 g/mol. The first-order valence-corrected chi connectivity index (χ1v) is 6.81. The van der Waals surface area contributed by atoms with Crippen molar-refractivity contribution in [2.24, 2.45) is 11.3 Å². The van der Waals surface area contributed by atoms with Crippen molar-refractivity contribution in [2.75, 3.05) is 6.54 Å². The molecule has 2 rings (SSSR count). The average molecular weight is 253 g/mol. The van der Waals surface area contributed by atoms with Crippen LogP contribution in [0.25, 0.3) is 0 Å². The molecular formula is C14H23NO3. The Hall–Kier alpha value is -0.900. The van der Waals surface area contributed by atoms with Gasteiger partial charge in [0.15, 0.2) is 0 Å². The molecule has 0 spiro atoms. The predicted octanol–water partition coefficient (Wildman–Crippen LogP) is 1.71. The van der Waals surface area contributed by atoms with Gasteiger partial charge in [-0.2, -0.15) is 0 Å². The second-order valence-electron chi connectivity index (χ2n) is 6.75. The third-order valence-electron chi connectivity index (χ3n) is 4.38. The highest BCUT2D eigenvalue weighted by Crippen LogP contribution is 2.37. The molecule has 1 aliphatic heterocycles. The van der Waals surface area contributed by atoms with Crippen LogP contribution in [0.1, 0.15) is 52.9 Å². The van der Waals surface area contributed by atoms with Gasteiger partial charge in [-0.15, -0.1) is 0 Å². The lowest BCUT2D eigenvalue weighted by atomic mass is 9.79. The van der Waals surface area contributed by atoms with Gasteiger partial charge >= 0.3 is 0 Å². The third kappa shape index (κ3) is 2.44. The Bertz CT molecular complexity index is 367. The number of carbonyl (C=O) groups excluding carboxylic acids is 2. The van der Waals surface area contributed by atoms with Gasteiger partial charge < -0.3 is 5.11 Å². The normalized spacial score (nSPS) is 36.2. The first-order chi connectivity index (χ1) is 8.23. The summed E-state index contributed by atoms with van der Waals surface area (Å²) in [7, 11) is 0. The molecule has 102 valence electrons. The highest BCUT2D eigenvalue weighted by molar-refractivity contribution is 6.05. The molecule has 4 heteroatoms. The lowest BCUT2D eigenvalue weighted by Gasteiger charge is -2.37. The van der Waals surface area contributed by atoms with E-state index >= 15 is 0 Å². The number of imide groups is 1. The van der Waals surface area contributed by atoms with Gasteiger partial charge in [-0.1, -0.05) is 20.8 Å². The number of aliphatic hydroxyl groups is 1. The maximum atomic E-state index is 12.1. The summed E-state index contributed by atoms with van der Waals surface area (Å²) in [4.78, 5) is 25.3. The van der Waals surface area contributed by atoms with Gasteiger partial charge in [0.1, 0.15) is 0 Å². The fraction of sp³-hybridized carbons (Fsp3) is 0.857. The molecule has 0 aromatic carbocycles. The van der Waals surface area contributed by atoms with Gasteiger partial charge in [-0.05, 0) is 31.6 Å². The summed E-state index contributed by atoms with van der Waals surface area (Å²) in [6.45, 7) is 5.94. The Morgan fingerprint density at radius 1 is 1.28 bits per heavy atom. The van der Waals surface area contributed by atoms with Gasteiger partial charge in [0.2, 0.25) is 11.8 Å². The first-order valence-electron chi connectivity index (χ1n) is 6.81. The summed E-state index contributed by atoms with van der Waals surface area (Å²) < 4.78 is 0. The van der Waals surface area contributed by atoms with Crippen LogP contribution >= 0.6 is 0 Å². The van der Waals surface area contributed by atoms with E-state index in [0.29, 0.717) is 18.8 Å². The Balaban J connectivity index is 2.06. The number of nitrogens with zero attached hydrogens (tertiary/aromatic N) is 1. The van der Waals surface area contributed by atoms with E-state index in [4.69, 9.17) is 0 Å². The molecule has 1 saturated heterocycles. The first kappa shape index (κ1) is 13.5. The summed E-state index contributed by atoms with van der Waals surface area (Å²) in [5, 5.41) is 10.5. The van der Waals surface area contributed by atoms with Crippen molar-refractivity contribution in [3.8, 4) is 0 Å². The van der Waals surface area contributed by atoms with E-state index in [1.54, 1.807) is 13.8 Å². The molecular weight excluding hydrogens is 230 g/mol. The van der Waals surface area contributed by atoms with Gasteiger partial charge in [0.25, 0.3) is 0 Å². The summed E-state index contributed by atoms with van der Waals surface area (Å²) in [5.74, 6) is 0.350. The van der Waals surface area contributed by atoms with E-state index in [2.05, 4.69) is 6.92 Å². The zero-order valence-corrected chi connectivity index (χ0v) is 11.5. The third-order valence-corrected chi connectivity index (χ3v) is 4.38. The summed E-state index contributed by atoms with van der Waals surface area (Å²) >= 11 is 0. The lowest BCUT2D eigenvalue weighted by molar-refractivity contribution is -0.146. The maximum Gasteiger partial charge on any atom is 0.235 e. The molecule has 2 fully saturated rings. The molecule has 4 nitrogen and oxygen atoms in total. The standard InChI is InChI=1S/C14H23NO3/c1-10-4-6-14(18,7-5-10)9-15-11(16)8-13(2,3)12(15)17/h10,18H,4-9H2,1-3H3. The van der Waals surface area contributed by atoms with Crippen molar-refractivity contribution in [3.63, 3.8) is 0 Å². The molecule has 0 atom stereocenters. The van der Waals surface area contributed by atoms with Crippen LogP contribution in [0.15, 0.2) is 0 Å². The molecule has 2 aliphatic rings. The Morgan fingerprint density at radius 2 is 1.83 bits per heavy atom. The van der Waals surface area contributed by atoms with Gasteiger partial charge in [-0.3, -0.25) is 14.5 Å². The van der Waals surface area contributed by atoms with Crippen LogP contribution in [0.3, 0.4) is 0 Å². The van der Waals surface area contributed by atoms with Crippen LogP contribution in [0.2, 0.25) is 0 Å². The van der Waals surface area contributed by atoms with Crippen molar-refractivity contribution in [1.29, 1.82) is 0 Å². The smallest absolute Gasteiger partial charge is 0.235 e. The largest absolute Gasteiger partial charge is 0.388 e. The topological polar surface area (TPSA) is 57.6 Å². The van der Waals surface area contributed by atoms with E-state index in [9.17, 15) is 14.7 Å². The fourth-order valence-corrected chi connectivity index (χ4v) is 2.94. The van der Waals surface area contributed by atoms with E-state index < -0.39 is 11.0 Å². The number of rotatable bonds is 2. The van der Waals surface area contributed by atoms with Crippen LogP contribution in [0.4, 0.5) is 0 Å². The van der Waals surface area contributed by atoms with Crippen LogP contribution in [0, 0.1) is 11.3 Å². The minimum atomic E-state index is -0.863. The molecule has 18 heavy (non-hydrogen) atoms. The predicted molar refractivity (Wildman–Crippen MR) is 67.7 cm³/mol. The fourth-order valence-electron chi connectivity index (χ4n) is 2.94. The van der Waals surface area contributed by atoms with Crippen LogP contribution < -0.4 is 0 Å². The lowest BCUT2D eigenvalue weighted by Crippen LogP contribution is -2.48. The van der Waals surface area contributed by atoms with Crippen molar-refractivity contribution in [2.45, 2.75) is 58.5 Å². The molecule has 1 saturated carbocycles. The summed E-state index contributed by atoms with van der Waals surface area (Å²) in [6, 6.07) is 0. The Kier molecular flexibility index (Phi) is 3.26. The molecule has 0 aromatic heterocycles. The second kappa shape index (κ2) is 4.34. The number of amides is 2. The van der Waals surface area contributed by atoms with Crippen molar-refractivity contribution >= 4 is 11.8 Å². The molecule has 0 aromatic rings. The Morgan fingerprint density at radius 3 is 2.28 bits per heavy atom. The number of β-amino-alcohol motifs (C(OH)–C–C–N with tert-alkyl or cyclic N) is 1. The van der Waals surface area contributed by atoms with Gasteiger partial charge in [-0.25, -0.2) is 0 Å². The number of hydrogen-bond donors (Lipinski definition) is 1. The van der Waals surface area contributed by atoms with Crippen molar-refractivity contribution in [3.05, 3.63) is 0 Å². The quantitative estimate of drug-likeness (QED) is 0.762. The molecule has 0 bridgehead atoms. The minimum absolute atomic E-state index is 0.139. The molecule has 0 radical (unpaired) electrons. The average Bonchev–Trinajstić information content (AvgIpc) is 2.46. The molecule has 2 amide bonds. The Labute approximate surface area is 108 Å². The van der Waals surface area contributed by atoms with Crippen LogP contribution in [0.5, 0.6) is 0 Å². The van der Waals surface area contributed by atoms with Crippen molar-refractivity contribution < 1.29 is 14.7 Å². The zero-order chi connectivity index (χ0) is 13.6. The number of likely N-dealkylation sites (tertiary alicyclic amines) is 1. The number of hydrogen-bond acceptors (Lipinski definition) is 3. The molecule has 1 aliphatic carbocycles. The van der Waals surface area contributed by atoms with E-state index in [-0.39, 0.29) is 24.8 Å². The summed E-state index contributed by atoms with van der Waals surface area (Å²) in [6.07, 6.45) is 3.57. The van der Waals surface area contributed by atoms with Gasteiger partial charge in [0.05, 0.1) is 17.6 Å². The minimum Gasteiger partial charge on any atom is -0.388 e. The molecule has 0 unspecified atom stereocenters. The number of carbonyl (C=O) groups is 2. The SMILES string of the molecule is CC1CCC(O)(CN2C(=O)CC(C)(C)C2=O)CC1.